The largest absolute Gasteiger partial charge is 0.293 e. The Morgan fingerprint density at radius 2 is 2.44 bits per heavy atom. The summed E-state index contributed by atoms with van der Waals surface area (Å²) < 4.78 is 17.9. The number of hydrogen-bond donors (Lipinski definition) is 3. The Labute approximate surface area is 56.1 Å². The standard InChI is InChI=1S/C3H10N2O3S/c1-2-3-8-4-5-9(6)7/h4-5H,2-3H2,1H3,(H,6,7). The van der Waals surface area contributed by atoms with Crippen LogP contribution in [0.2, 0.25) is 0 Å². The molecule has 1 atom stereocenters. The van der Waals surface area contributed by atoms with E-state index in [2.05, 4.69) is 10.4 Å². The van der Waals surface area contributed by atoms with Crippen LogP contribution in [0.1, 0.15) is 13.3 Å². The molecule has 0 aliphatic rings. The summed E-state index contributed by atoms with van der Waals surface area (Å²) in [4.78, 5) is 6.52. The monoisotopic (exact) mass is 154 g/mol. The first kappa shape index (κ1) is 8.99. The van der Waals surface area contributed by atoms with Gasteiger partial charge in [-0.15, -0.1) is 10.4 Å². The molecule has 0 aliphatic carbocycles. The van der Waals surface area contributed by atoms with E-state index in [-0.39, 0.29) is 0 Å². The van der Waals surface area contributed by atoms with Crippen molar-refractivity contribution in [1.29, 1.82) is 0 Å². The van der Waals surface area contributed by atoms with Crippen LogP contribution in [0.25, 0.3) is 0 Å². The molecule has 0 saturated heterocycles. The number of hydrazine groups is 1. The summed E-state index contributed by atoms with van der Waals surface area (Å²) in [6.45, 7) is 2.43. The van der Waals surface area contributed by atoms with Crippen molar-refractivity contribution in [2.24, 2.45) is 0 Å². The summed E-state index contributed by atoms with van der Waals surface area (Å²) in [6, 6.07) is 0. The minimum atomic E-state index is -2.06. The molecule has 0 fully saturated rings. The Morgan fingerprint density at radius 3 is 2.89 bits per heavy atom. The second kappa shape index (κ2) is 6.12. The Hall–Kier alpha value is -0.0100. The van der Waals surface area contributed by atoms with Gasteiger partial charge in [-0.1, -0.05) is 6.92 Å². The first-order valence-corrected chi connectivity index (χ1v) is 3.61. The maximum atomic E-state index is 9.82. The van der Waals surface area contributed by atoms with Gasteiger partial charge in [0.1, 0.15) is 0 Å². The lowest BCUT2D eigenvalue weighted by molar-refractivity contribution is 0.0283. The molecule has 0 heterocycles. The molecule has 0 aromatic heterocycles. The average Bonchev–Trinajstić information content (AvgIpc) is 1.80. The van der Waals surface area contributed by atoms with E-state index in [1.54, 1.807) is 0 Å². The minimum Gasteiger partial charge on any atom is -0.293 e. The lowest BCUT2D eigenvalue weighted by Gasteiger charge is -2.00. The van der Waals surface area contributed by atoms with Crippen LogP contribution in [0.5, 0.6) is 0 Å². The normalized spacial score (nSPS) is 13.6. The predicted molar refractivity (Wildman–Crippen MR) is 33.3 cm³/mol. The second-order valence-corrected chi connectivity index (χ2v) is 2.00. The number of nitrogens with one attached hydrogen (secondary N) is 2. The molecule has 0 radical (unpaired) electrons. The van der Waals surface area contributed by atoms with Crippen LogP contribution in [0, 0.1) is 0 Å². The molecule has 6 heteroatoms. The summed E-state index contributed by atoms with van der Waals surface area (Å²) in [6.07, 6.45) is 0.854. The zero-order valence-electron chi connectivity index (χ0n) is 5.09. The molecule has 0 aliphatic heterocycles. The fourth-order valence-electron chi connectivity index (χ4n) is 0.218. The predicted octanol–water partition coefficient (Wildman–Crippen LogP) is -0.441. The highest BCUT2D eigenvalue weighted by atomic mass is 32.2. The van der Waals surface area contributed by atoms with Gasteiger partial charge in [0.2, 0.25) is 11.3 Å². The van der Waals surface area contributed by atoms with Gasteiger partial charge in [0.15, 0.2) is 0 Å². The fraction of sp³-hybridized carbons (Fsp3) is 1.00. The summed E-state index contributed by atoms with van der Waals surface area (Å²) in [5.41, 5.74) is 2.09. The first-order valence-electron chi connectivity index (χ1n) is 2.50. The van der Waals surface area contributed by atoms with E-state index < -0.39 is 11.3 Å². The first-order chi connectivity index (χ1) is 4.27. The quantitative estimate of drug-likeness (QED) is 0.285. The van der Waals surface area contributed by atoms with Crippen LogP contribution in [0.3, 0.4) is 0 Å². The highest BCUT2D eigenvalue weighted by molar-refractivity contribution is 7.77. The summed E-state index contributed by atoms with van der Waals surface area (Å²) in [5.74, 6) is 0. The molecule has 0 aromatic carbocycles. The van der Waals surface area contributed by atoms with E-state index in [1.165, 1.54) is 0 Å². The van der Waals surface area contributed by atoms with Crippen LogP contribution < -0.4 is 10.4 Å². The van der Waals surface area contributed by atoms with Gasteiger partial charge in [-0.2, -0.15) is 0 Å². The van der Waals surface area contributed by atoms with E-state index in [4.69, 9.17) is 4.55 Å². The molecule has 0 aromatic rings. The van der Waals surface area contributed by atoms with Crippen LogP contribution >= 0.6 is 0 Å². The molecule has 9 heavy (non-hydrogen) atoms. The van der Waals surface area contributed by atoms with E-state index in [1.807, 2.05) is 11.8 Å². The number of hydrogen-bond acceptors (Lipinski definition) is 3. The van der Waals surface area contributed by atoms with Crippen LogP contribution in [-0.4, -0.2) is 15.4 Å². The van der Waals surface area contributed by atoms with Gasteiger partial charge in [0.05, 0.1) is 6.61 Å². The third-order valence-corrected chi connectivity index (χ3v) is 0.765. The summed E-state index contributed by atoms with van der Waals surface area (Å²) >= 11 is -2.06. The zero-order chi connectivity index (χ0) is 7.11. The Balaban J connectivity index is 2.83. The second-order valence-electron chi connectivity index (χ2n) is 1.30. The minimum absolute atomic E-state index is 0.504. The third kappa shape index (κ3) is 7.99. The highest BCUT2D eigenvalue weighted by Crippen LogP contribution is 1.72. The smallest absolute Gasteiger partial charge is 0.247 e. The molecule has 0 spiro atoms. The molecule has 0 rings (SSSR count). The molecule has 0 bridgehead atoms. The van der Waals surface area contributed by atoms with Crippen molar-refractivity contribution in [3.05, 3.63) is 0 Å². The van der Waals surface area contributed by atoms with Crippen molar-refractivity contribution in [3.8, 4) is 0 Å². The summed E-state index contributed by atoms with van der Waals surface area (Å²) in [5, 5.41) is 0. The van der Waals surface area contributed by atoms with Crippen molar-refractivity contribution in [3.63, 3.8) is 0 Å². The van der Waals surface area contributed by atoms with Crippen LogP contribution in [0.15, 0.2) is 0 Å². The van der Waals surface area contributed by atoms with Gasteiger partial charge in [-0.05, 0) is 6.42 Å². The van der Waals surface area contributed by atoms with Gasteiger partial charge in [-0.25, -0.2) is 4.21 Å². The maximum Gasteiger partial charge on any atom is 0.247 e. The van der Waals surface area contributed by atoms with Gasteiger partial charge in [0.25, 0.3) is 0 Å². The van der Waals surface area contributed by atoms with E-state index in [0.29, 0.717) is 6.61 Å². The Morgan fingerprint density at radius 1 is 1.78 bits per heavy atom. The zero-order valence-corrected chi connectivity index (χ0v) is 5.90. The van der Waals surface area contributed by atoms with E-state index in [0.717, 1.165) is 6.42 Å². The molecule has 56 valence electrons. The molecule has 5 nitrogen and oxygen atoms in total. The SMILES string of the molecule is CCCONNS(=O)O. The van der Waals surface area contributed by atoms with Crippen molar-refractivity contribution in [2.45, 2.75) is 13.3 Å². The van der Waals surface area contributed by atoms with Gasteiger partial charge < -0.3 is 0 Å². The third-order valence-electron chi connectivity index (χ3n) is 0.507. The molecule has 0 amide bonds. The Bertz CT molecular complexity index is 89.1. The highest BCUT2D eigenvalue weighted by Gasteiger charge is 1.86. The van der Waals surface area contributed by atoms with E-state index >= 15 is 0 Å². The van der Waals surface area contributed by atoms with Gasteiger partial charge in [-0.3, -0.25) is 9.39 Å². The number of rotatable bonds is 5. The fourth-order valence-corrected chi connectivity index (χ4v) is 0.348. The Kier molecular flexibility index (Phi) is 6.11. The lowest BCUT2D eigenvalue weighted by Crippen LogP contribution is -2.33. The van der Waals surface area contributed by atoms with Crippen molar-refractivity contribution >= 4 is 11.3 Å². The summed E-state index contributed by atoms with van der Waals surface area (Å²) in [7, 11) is 0. The lowest BCUT2D eigenvalue weighted by atomic mass is 10.5. The van der Waals surface area contributed by atoms with Crippen LogP contribution in [-0.2, 0) is 16.1 Å². The molecular formula is C3H10N2O3S. The average molecular weight is 154 g/mol. The maximum absolute atomic E-state index is 9.82. The van der Waals surface area contributed by atoms with Crippen molar-refractivity contribution in [1.82, 2.24) is 10.4 Å². The molecule has 1 unspecified atom stereocenters. The molecule has 3 N–H and O–H groups in total. The molecule has 0 saturated carbocycles. The van der Waals surface area contributed by atoms with Crippen LogP contribution in [0.4, 0.5) is 0 Å². The molecular weight excluding hydrogens is 144 g/mol. The van der Waals surface area contributed by atoms with Gasteiger partial charge >= 0.3 is 0 Å². The van der Waals surface area contributed by atoms with Gasteiger partial charge in [0, 0.05) is 0 Å². The van der Waals surface area contributed by atoms with Crippen molar-refractivity contribution < 1.29 is 13.6 Å². The topological polar surface area (TPSA) is 70.6 Å². The van der Waals surface area contributed by atoms with E-state index in [9.17, 15) is 4.21 Å². The van der Waals surface area contributed by atoms with Crippen molar-refractivity contribution in [2.75, 3.05) is 6.61 Å².